The predicted molar refractivity (Wildman–Crippen MR) is 84.6 cm³/mol. The van der Waals surface area contributed by atoms with Crippen LogP contribution >= 0.6 is 0 Å². The second-order valence-electron chi connectivity index (χ2n) is 5.02. The van der Waals surface area contributed by atoms with E-state index in [1.165, 1.54) is 6.92 Å². The monoisotopic (exact) mass is 282 g/mol. The number of carbonyl (C=O) groups is 2. The summed E-state index contributed by atoms with van der Waals surface area (Å²) < 4.78 is 0. The van der Waals surface area contributed by atoms with E-state index in [0.717, 1.165) is 11.1 Å². The molecule has 2 aromatic carbocycles. The molecule has 0 saturated heterocycles. The predicted octanol–water partition coefficient (Wildman–Crippen LogP) is 3.51. The third-order valence-electron chi connectivity index (χ3n) is 3.21. The van der Waals surface area contributed by atoms with Gasteiger partial charge in [-0.2, -0.15) is 0 Å². The van der Waals surface area contributed by atoms with Crippen molar-refractivity contribution in [3.8, 4) is 0 Å². The van der Waals surface area contributed by atoms with E-state index in [-0.39, 0.29) is 11.8 Å². The molecule has 2 aromatic rings. The van der Waals surface area contributed by atoms with E-state index in [2.05, 4.69) is 10.6 Å². The molecule has 0 radical (unpaired) electrons. The fourth-order valence-electron chi connectivity index (χ4n) is 1.96. The number of hydrogen-bond acceptors (Lipinski definition) is 2. The molecule has 0 unspecified atom stereocenters. The van der Waals surface area contributed by atoms with Gasteiger partial charge in [-0.1, -0.05) is 12.1 Å². The van der Waals surface area contributed by atoms with Crippen molar-refractivity contribution in [1.82, 2.24) is 0 Å². The van der Waals surface area contributed by atoms with Crippen LogP contribution in [0.4, 0.5) is 11.4 Å². The highest BCUT2D eigenvalue weighted by molar-refractivity contribution is 6.04. The van der Waals surface area contributed by atoms with Gasteiger partial charge in [0.1, 0.15) is 0 Å². The maximum Gasteiger partial charge on any atom is 0.255 e. The molecular weight excluding hydrogens is 264 g/mol. The second kappa shape index (κ2) is 6.22. The van der Waals surface area contributed by atoms with E-state index in [0.29, 0.717) is 16.9 Å². The Morgan fingerprint density at radius 3 is 2.14 bits per heavy atom. The summed E-state index contributed by atoms with van der Waals surface area (Å²) in [4.78, 5) is 23.3. The molecule has 0 saturated carbocycles. The average Bonchev–Trinajstić information content (AvgIpc) is 2.41. The van der Waals surface area contributed by atoms with Crippen molar-refractivity contribution in [1.29, 1.82) is 0 Å². The average molecular weight is 282 g/mol. The summed E-state index contributed by atoms with van der Waals surface area (Å²) >= 11 is 0. The molecule has 21 heavy (non-hydrogen) atoms. The van der Waals surface area contributed by atoms with Crippen LogP contribution in [-0.4, -0.2) is 11.8 Å². The van der Waals surface area contributed by atoms with Crippen LogP contribution in [0.2, 0.25) is 0 Å². The Kier molecular flexibility index (Phi) is 4.38. The molecular formula is C17H18N2O2. The van der Waals surface area contributed by atoms with Gasteiger partial charge in [-0.3, -0.25) is 9.59 Å². The Bertz CT molecular complexity index is 693. The fourth-order valence-corrected chi connectivity index (χ4v) is 1.96. The number of carbonyl (C=O) groups excluding carboxylic acids is 2. The van der Waals surface area contributed by atoms with Gasteiger partial charge in [0.15, 0.2) is 0 Å². The standard InChI is InChI=1S/C17H18N2O2/c1-11-7-8-14(9-12(11)2)17(21)19-16-6-4-5-15(10-16)18-13(3)20/h4-10H,1-3H3,(H,18,20)(H,19,21). The normalized spacial score (nSPS) is 10.0. The summed E-state index contributed by atoms with van der Waals surface area (Å²) in [5.41, 5.74) is 4.14. The lowest BCUT2D eigenvalue weighted by molar-refractivity contribution is -0.114. The molecule has 0 heterocycles. The third-order valence-corrected chi connectivity index (χ3v) is 3.21. The summed E-state index contributed by atoms with van der Waals surface area (Å²) in [5.74, 6) is -0.314. The SMILES string of the molecule is CC(=O)Nc1cccc(NC(=O)c2ccc(C)c(C)c2)c1. The number of anilines is 2. The van der Waals surface area contributed by atoms with E-state index in [1.807, 2.05) is 26.0 Å². The van der Waals surface area contributed by atoms with Gasteiger partial charge in [-0.25, -0.2) is 0 Å². The number of amides is 2. The van der Waals surface area contributed by atoms with Crippen molar-refractivity contribution >= 4 is 23.2 Å². The molecule has 0 aliphatic rings. The number of rotatable bonds is 3. The zero-order chi connectivity index (χ0) is 15.4. The first-order valence-corrected chi connectivity index (χ1v) is 6.72. The van der Waals surface area contributed by atoms with E-state index < -0.39 is 0 Å². The fraction of sp³-hybridized carbons (Fsp3) is 0.176. The Morgan fingerprint density at radius 2 is 1.52 bits per heavy atom. The molecule has 108 valence electrons. The molecule has 0 aliphatic heterocycles. The summed E-state index contributed by atoms with van der Waals surface area (Å²) in [5, 5.41) is 5.51. The van der Waals surface area contributed by atoms with Gasteiger partial charge in [0.05, 0.1) is 0 Å². The third kappa shape index (κ3) is 3.92. The smallest absolute Gasteiger partial charge is 0.255 e. The van der Waals surface area contributed by atoms with E-state index in [9.17, 15) is 9.59 Å². The Labute approximate surface area is 124 Å². The number of nitrogens with one attached hydrogen (secondary N) is 2. The van der Waals surface area contributed by atoms with Crippen LogP contribution in [0, 0.1) is 13.8 Å². The van der Waals surface area contributed by atoms with Crippen molar-refractivity contribution in [3.05, 3.63) is 59.2 Å². The Morgan fingerprint density at radius 1 is 0.857 bits per heavy atom. The summed E-state index contributed by atoms with van der Waals surface area (Å²) in [6.07, 6.45) is 0. The highest BCUT2D eigenvalue weighted by Crippen LogP contribution is 2.17. The molecule has 0 fully saturated rings. The molecule has 2 rings (SSSR count). The van der Waals surface area contributed by atoms with Crippen LogP contribution < -0.4 is 10.6 Å². The first-order chi connectivity index (χ1) is 9.95. The van der Waals surface area contributed by atoms with E-state index >= 15 is 0 Å². The maximum atomic E-state index is 12.2. The van der Waals surface area contributed by atoms with Crippen LogP contribution in [0.5, 0.6) is 0 Å². The Balaban J connectivity index is 2.15. The molecule has 4 heteroatoms. The quantitative estimate of drug-likeness (QED) is 0.905. The van der Waals surface area contributed by atoms with Gasteiger partial charge in [0, 0.05) is 23.9 Å². The minimum atomic E-state index is -0.168. The molecule has 0 spiro atoms. The summed E-state index contributed by atoms with van der Waals surface area (Å²) in [6.45, 7) is 5.43. The molecule has 0 atom stereocenters. The number of benzene rings is 2. The number of aryl methyl sites for hydroxylation is 2. The van der Waals surface area contributed by atoms with Gasteiger partial charge < -0.3 is 10.6 Å². The second-order valence-corrected chi connectivity index (χ2v) is 5.02. The van der Waals surface area contributed by atoms with Crippen molar-refractivity contribution in [3.63, 3.8) is 0 Å². The molecule has 0 aromatic heterocycles. The minimum absolute atomic E-state index is 0.146. The number of hydrogen-bond donors (Lipinski definition) is 2. The van der Waals surface area contributed by atoms with Gasteiger partial charge in [-0.15, -0.1) is 0 Å². The zero-order valence-corrected chi connectivity index (χ0v) is 12.4. The zero-order valence-electron chi connectivity index (χ0n) is 12.4. The van der Waals surface area contributed by atoms with Crippen LogP contribution in [0.15, 0.2) is 42.5 Å². The van der Waals surface area contributed by atoms with Crippen molar-refractivity contribution in [2.45, 2.75) is 20.8 Å². The summed E-state index contributed by atoms with van der Waals surface area (Å²) in [6, 6.07) is 12.6. The highest BCUT2D eigenvalue weighted by Gasteiger charge is 2.07. The van der Waals surface area contributed by atoms with Gasteiger partial charge in [-0.05, 0) is 55.3 Å². The highest BCUT2D eigenvalue weighted by atomic mass is 16.2. The molecule has 2 N–H and O–H groups in total. The van der Waals surface area contributed by atoms with E-state index in [1.54, 1.807) is 30.3 Å². The lowest BCUT2D eigenvalue weighted by atomic mass is 10.1. The Hall–Kier alpha value is -2.62. The van der Waals surface area contributed by atoms with Gasteiger partial charge >= 0.3 is 0 Å². The first-order valence-electron chi connectivity index (χ1n) is 6.72. The molecule has 2 amide bonds. The molecule has 4 nitrogen and oxygen atoms in total. The van der Waals surface area contributed by atoms with Gasteiger partial charge in [0.2, 0.25) is 5.91 Å². The maximum absolute atomic E-state index is 12.2. The first kappa shape index (κ1) is 14.8. The van der Waals surface area contributed by atoms with Crippen LogP contribution in [-0.2, 0) is 4.79 Å². The largest absolute Gasteiger partial charge is 0.326 e. The molecule has 0 aliphatic carbocycles. The van der Waals surface area contributed by atoms with Gasteiger partial charge in [0.25, 0.3) is 5.91 Å². The van der Waals surface area contributed by atoms with Crippen molar-refractivity contribution in [2.24, 2.45) is 0 Å². The van der Waals surface area contributed by atoms with Crippen molar-refractivity contribution < 1.29 is 9.59 Å². The lowest BCUT2D eigenvalue weighted by Gasteiger charge is -2.09. The van der Waals surface area contributed by atoms with Crippen LogP contribution in [0.3, 0.4) is 0 Å². The lowest BCUT2D eigenvalue weighted by Crippen LogP contribution is -2.13. The van der Waals surface area contributed by atoms with E-state index in [4.69, 9.17) is 0 Å². The molecule has 0 bridgehead atoms. The van der Waals surface area contributed by atoms with Crippen LogP contribution in [0.1, 0.15) is 28.4 Å². The van der Waals surface area contributed by atoms with Crippen molar-refractivity contribution in [2.75, 3.05) is 10.6 Å². The van der Waals surface area contributed by atoms with Crippen LogP contribution in [0.25, 0.3) is 0 Å². The summed E-state index contributed by atoms with van der Waals surface area (Å²) in [7, 11) is 0. The minimum Gasteiger partial charge on any atom is -0.326 e. The topological polar surface area (TPSA) is 58.2 Å².